The van der Waals surface area contributed by atoms with E-state index in [9.17, 15) is 8.60 Å². The van der Waals surface area contributed by atoms with Crippen LogP contribution in [0.5, 0.6) is 0 Å². The van der Waals surface area contributed by atoms with Crippen molar-refractivity contribution in [2.45, 2.75) is 17.9 Å². The Morgan fingerprint density at radius 3 is 2.77 bits per heavy atom. The molecular weight excluding hydrogens is 323 g/mol. The molecule has 0 unspecified atom stereocenters. The first-order valence-corrected chi connectivity index (χ1v) is 8.89. The molecule has 0 spiro atoms. The zero-order valence-electron chi connectivity index (χ0n) is 11.7. The summed E-state index contributed by atoms with van der Waals surface area (Å²) in [5, 5.41) is 5.47. The number of aromatic nitrogens is 2. The molecule has 0 saturated carbocycles. The Kier molecular flexibility index (Phi) is 4.44. The Morgan fingerprint density at radius 1 is 1.32 bits per heavy atom. The molecule has 2 aromatic heterocycles. The molecule has 0 N–H and O–H groups in total. The number of thiophene rings is 1. The van der Waals surface area contributed by atoms with E-state index in [4.69, 9.17) is 4.52 Å². The first-order valence-electron chi connectivity index (χ1n) is 6.62. The lowest BCUT2D eigenvalue weighted by molar-refractivity contribution is 0.379. The molecule has 22 heavy (non-hydrogen) atoms. The smallest absolute Gasteiger partial charge is 0.242 e. The Morgan fingerprint density at radius 2 is 2.09 bits per heavy atom. The van der Waals surface area contributed by atoms with Crippen LogP contribution >= 0.6 is 11.3 Å². The predicted molar refractivity (Wildman–Crippen MR) is 84.3 cm³/mol. The van der Waals surface area contributed by atoms with Crippen LogP contribution in [0.2, 0.25) is 0 Å². The van der Waals surface area contributed by atoms with E-state index >= 15 is 0 Å². The molecule has 0 radical (unpaired) electrons. The number of hydrogen-bond acceptors (Lipinski definition) is 5. The van der Waals surface area contributed by atoms with Crippen LogP contribution in [-0.4, -0.2) is 14.3 Å². The van der Waals surface area contributed by atoms with Gasteiger partial charge in [-0.2, -0.15) is 4.98 Å². The standard InChI is InChI=1S/C15H13FN2O2S2/c1-10(22(19)9-11-4-6-12(16)7-5-11)15-17-14(18-20-15)13-3-2-8-21-13/h2-8,10H,9H2,1H3/t10-,22-/m1/s1. The van der Waals surface area contributed by atoms with Gasteiger partial charge in [-0.05, 0) is 36.1 Å². The van der Waals surface area contributed by atoms with Crippen LogP contribution in [0.4, 0.5) is 4.39 Å². The molecule has 3 rings (SSSR count). The molecule has 0 amide bonds. The molecule has 2 heterocycles. The molecule has 0 aliphatic heterocycles. The summed E-state index contributed by atoms with van der Waals surface area (Å²) in [5.74, 6) is 0.873. The number of nitrogens with zero attached hydrogens (tertiary/aromatic N) is 2. The highest BCUT2D eigenvalue weighted by atomic mass is 32.2. The first-order chi connectivity index (χ1) is 10.6. The average molecular weight is 336 g/mol. The van der Waals surface area contributed by atoms with E-state index in [2.05, 4.69) is 10.1 Å². The maximum absolute atomic E-state index is 12.9. The van der Waals surface area contributed by atoms with Gasteiger partial charge >= 0.3 is 0 Å². The molecule has 0 aliphatic rings. The molecule has 7 heteroatoms. The summed E-state index contributed by atoms with van der Waals surface area (Å²) >= 11 is 1.52. The van der Waals surface area contributed by atoms with Crippen LogP contribution in [-0.2, 0) is 16.6 Å². The minimum atomic E-state index is -1.22. The summed E-state index contributed by atoms with van der Waals surface area (Å²) in [5.41, 5.74) is 0.810. The summed E-state index contributed by atoms with van der Waals surface area (Å²) in [7, 11) is -1.22. The maximum Gasteiger partial charge on any atom is 0.242 e. The van der Waals surface area contributed by atoms with Crippen molar-refractivity contribution in [1.29, 1.82) is 0 Å². The fraction of sp³-hybridized carbons (Fsp3) is 0.200. The third-order valence-corrected chi connectivity index (χ3v) is 5.62. The number of rotatable bonds is 5. The summed E-state index contributed by atoms with van der Waals surface area (Å²) in [6.07, 6.45) is 0. The van der Waals surface area contributed by atoms with E-state index in [1.54, 1.807) is 19.1 Å². The molecule has 0 aliphatic carbocycles. The molecule has 0 saturated heterocycles. The van der Waals surface area contributed by atoms with Crippen molar-refractivity contribution in [2.75, 3.05) is 0 Å². The first kappa shape index (κ1) is 15.1. The minimum absolute atomic E-state index is 0.305. The van der Waals surface area contributed by atoms with Crippen molar-refractivity contribution in [3.05, 3.63) is 59.0 Å². The number of benzene rings is 1. The molecule has 0 bridgehead atoms. The van der Waals surface area contributed by atoms with Gasteiger partial charge in [0.25, 0.3) is 0 Å². The molecule has 1 aromatic carbocycles. The lowest BCUT2D eigenvalue weighted by atomic mass is 10.2. The van der Waals surface area contributed by atoms with Crippen molar-refractivity contribution < 1.29 is 13.1 Å². The van der Waals surface area contributed by atoms with Crippen LogP contribution in [0.15, 0.2) is 46.3 Å². The largest absolute Gasteiger partial charge is 0.338 e. The highest BCUT2D eigenvalue weighted by molar-refractivity contribution is 7.84. The van der Waals surface area contributed by atoms with Crippen LogP contribution in [0.1, 0.15) is 23.6 Å². The second-order valence-electron chi connectivity index (χ2n) is 4.73. The van der Waals surface area contributed by atoms with Crippen molar-refractivity contribution in [1.82, 2.24) is 10.1 Å². The van der Waals surface area contributed by atoms with E-state index in [-0.39, 0.29) is 11.1 Å². The van der Waals surface area contributed by atoms with Crippen LogP contribution in [0.25, 0.3) is 10.7 Å². The summed E-state index contributed by atoms with van der Waals surface area (Å²) in [6, 6.07) is 9.79. The van der Waals surface area contributed by atoms with Crippen LogP contribution in [0.3, 0.4) is 0 Å². The molecule has 0 fully saturated rings. The van der Waals surface area contributed by atoms with Gasteiger partial charge in [-0.15, -0.1) is 11.3 Å². The zero-order valence-corrected chi connectivity index (χ0v) is 13.4. The quantitative estimate of drug-likeness (QED) is 0.708. The van der Waals surface area contributed by atoms with Gasteiger partial charge in [0.1, 0.15) is 11.1 Å². The van der Waals surface area contributed by atoms with Gasteiger partial charge in [-0.3, -0.25) is 4.21 Å². The third kappa shape index (κ3) is 3.31. The topological polar surface area (TPSA) is 56.0 Å². The van der Waals surface area contributed by atoms with E-state index < -0.39 is 10.8 Å². The molecule has 4 nitrogen and oxygen atoms in total. The lowest BCUT2D eigenvalue weighted by Crippen LogP contribution is -2.06. The maximum atomic E-state index is 12.9. The Labute approximate surface area is 133 Å². The minimum Gasteiger partial charge on any atom is -0.338 e. The van der Waals surface area contributed by atoms with Crippen LogP contribution < -0.4 is 0 Å². The molecule has 2 atom stereocenters. The van der Waals surface area contributed by atoms with Crippen molar-refractivity contribution in [2.24, 2.45) is 0 Å². The van der Waals surface area contributed by atoms with E-state index in [1.807, 2.05) is 17.5 Å². The van der Waals surface area contributed by atoms with Gasteiger partial charge in [0.05, 0.1) is 4.88 Å². The predicted octanol–water partition coefficient (Wildman–Crippen LogP) is 3.95. The van der Waals surface area contributed by atoms with E-state index in [0.717, 1.165) is 10.4 Å². The van der Waals surface area contributed by atoms with E-state index in [0.29, 0.717) is 17.5 Å². The van der Waals surface area contributed by atoms with Crippen molar-refractivity contribution in [3.8, 4) is 10.7 Å². The van der Waals surface area contributed by atoms with Gasteiger partial charge in [-0.25, -0.2) is 4.39 Å². The van der Waals surface area contributed by atoms with Crippen molar-refractivity contribution >= 4 is 22.1 Å². The number of hydrogen-bond donors (Lipinski definition) is 0. The number of halogens is 1. The fourth-order valence-electron chi connectivity index (χ4n) is 1.89. The molecule has 114 valence electrons. The highest BCUT2D eigenvalue weighted by Gasteiger charge is 2.21. The Bertz CT molecular complexity index is 769. The van der Waals surface area contributed by atoms with Gasteiger partial charge in [0, 0.05) is 16.6 Å². The van der Waals surface area contributed by atoms with E-state index in [1.165, 1.54) is 23.5 Å². The summed E-state index contributed by atoms with van der Waals surface area (Å²) in [6.45, 7) is 1.78. The molecule has 3 aromatic rings. The second kappa shape index (κ2) is 6.50. The molecular formula is C15H13FN2O2S2. The van der Waals surface area contributed by atoms with Crippen molar-refractivity contribution in [3.63, 3.8) is 0 Å². The van der Waals surface area contributed by atoms with Gasteiger partial charge < -0.3 is 4.52 Å². The zero-order chi connectivity index (χ0) is 15.5. The lowest BCUT2D eigenvalue weighted by Gasteiger charge is -2.06. The normalized spacial score (nSPS) is 13.9. The van der Waals surface area contributed by atoms with Gasteiger partial charge in [0.15, 0.2) is 0 Å². The van der Waals surface area contributed by atoms with Gasteiger partial charge in [-0.1, -0.05) is 23.4 Å². The van der Waals surface area contributed by atoms with Crippen LogP contribution in [0, 0.1) is 5.82 Å². The third-order valence-electron chi connectivity index (χ3n) is 3.15. The Hall–Kier alpha value is -1.86. The fourth-order valence-corrected chi connectivity index (χ4v) is 3.63. The monoisotopic (exact) mass is 336 g/mol. The summed E-state index contributed by atoms with van der Waals surface area (Å²) in [4.78, 5) is 5.22. The average Bonchev–Trinajstić information content (AvgIpc) is 3.19. The Balaban J connectivity index is 1.71. The summed E-state index contributed by atoms with van der Waals surface area (Å²) < 4.78 is 30.5. The van der Waals surface area contributed by atoms with Gasteiger partial charge in [0.2, 0.25) is 11.7 Å². The highest BCUT2D eigenvalue weighted by Crippen LogP contribution is 2.26. The SMILES string of the molecule is C[C@H](c1nc(-c2cccs2)no1)[S@](=O)Cc1ccc(F)cc1. The second-order valence-corrected chi connectivity index (χ2v) is 7.43.